The minimum Gasteiger partial charge on any atom is -0.336 e. The Morgan fingerprint density at radius 2 is 1.90 bits per heavy atom. The van der Waals surface area contributed by atoms with E-state index in [0.717, 1.165) is 26.9 Å². The van der Waals surface area contributed by atoms with E-state index in [1.165, 1.54) is 0 Å². The maximum atomic E-state index is 13.3. The Balaban J connectivity index is 1.90. The number of nitrogens with zero attached hydrogens (tertiary/aromatic N) is 3. The van der Waals surface area contributed by atoms with Gasteiger partial charge in [0.25, 0.3) is 5.56 Å². The Hall–Kier alpha value is -2.30. The fourth-order valence-corrected chi connectivity index (χ4v) is 5.53. The van der Waals surface area contributed by atoms with Crippen LogP contribution in [0.5, 0.6) is 0 Å². The number of thiophene rings is 1. The molecule has 164 valence electrons. The van der Waals surface area contributed by atoms with Crippen LogP contribution in [0.2, 0.25) is 0 Å². The third-order valence-electron chi connectivity index (χ3n) is 6.18. The van der Waals surface area contributed by atoms with Crippen molar-refractivity contribution in [1.82, 2.24) is 19.4 Å². The van der Waals surface area contributed by atoms with Gasteiger partial charge in [-0.05, 0) is 38.7 Å². The van der Waals surface area contributed by atoms with Crippen LogP contribution in [0.25, 0.3) is 10.2 Å². The molecule has 1 aliphatic heterocycles. The number of halogens is 3. The highest BCUT2D eigenvalue weighted by Crippen LogP contribution is 2.38. The average molecular weight is 444 g/mol. The number of urea groups is 1. The predicted molar refractivity (Wildman–Crippen MR) is 107 cm³/mol. The number of fused-ring (bicyclic) bond motifs is 1. The second kappa shape index (κ2) is 7.14. The fraction of sp³-hybridized carbons (Fsp3) is 0.632. The highest BCUT2D eigenvalue weighted by Gasteiger charge is 2.38. The molecule has 1 N–H and O–H groups in total. The van der Waals surface area contributed by atoms with Gasteiger partial charge in [0.2, 0.25) is 0 Å². The van der Waals surface area contributed by atoms with Crippen LogP contribution in [0.15, 0.2) is 9.59 Å². The van der Waals surface area contributed by atoms with E-state index in [1.54, 1.807) is 18.7 Å². The number of nitrogens with one attached hydrogen (secondary N) is 1. The lowest BCUT2D eigenvalue weighted by atomic mass is 9.78. The van der Waals surface area contributed by atoms with E-state index in [2.05, 4.69) is 5.32 Å². The van der Waals surface area contributed by atoms with Crippen LogP contribution < -0.4 is 16.6 Å². The number of rotatable bonds is 5. The third-order valence-corrected chi connectivity index (χ3v) is 7.48. The van der Waals surface area contributed by atoms with E-state index >= 15 is 0 Å². The molecule has 2 aliphatic rings. The molecule has 7 nitrogen and oxygen atoms in total. The van der Waals surface area contributed by atoms with Crippen LogP contribution in [-0.4, -0.2) is 39.3 Å². The Bertz CT molecular complexity index is 1130. The molecule has 2 amide bonds. The van der Waals surface area contributed by atoms with E-state index in [-0.39, 0.29) is 22.8 Å². The molecule has 0 bridgehead atoms. The van der Waals surface area contributed by atoms with Gasteiger partial charge in [0.1, 0.15) is 4.83 Å². The van der Waals surface area contributed by atoms with Crippen LogP contribution in [0.4, 0.5) is 18.0 Å². The minimum absolute atomic E-state index is 0.222. The highest BCUT2D eigenvalue weighted by atomic mass is 32.1. The van der Waals surface area contributed by atoms with E-state index in [1.807, 2.05) is 0 Å². The lowest BCUT2D eigenvalue weighted by Crippen LogP contribution is -2.53. The molecule has 11 heteroatoms. The Morgan fingerprint density at radius 1 is 1.20 bits per heavy atom. The van der Waals surface area contributed by atoms with Gasteiger partial charge in [-0.25, -0.2) is 9.59 Å². The van der Waals surface area contributed by atoms with E-state index in [4.69, 9.17) is 0 Å². The summed E-state index contributed by atoms with van der Waals surface area (Å²) >= 11 is 1.12. The number of hydrogen-bond donors (Lipinski definition) is 1. The summed E-state index contributed by atoms with van der Waals surface area (Å²) in [4.78, 5) is 40.9. The smallest absolute Gasteiger partial charge is 0.336 e. The molecule has 4 rings (SSSR count). The van der Waals surface area contributed by atoms with Gasteiger partial charge in [-0.2, -0.15) is 13.2 Å². The van der Waals surface area contributed by atoms with Crippen molar-refractivity contribution >= 4 is 27.6 Å². The van der Waals surface area contributed by atoms with Crippen LogP contribution in [0.3, 0.4) is 0 Å². The van der Waals surface area contributed by atoms with Crippen molar-refractivity contribution in [2.75, 3.05) is 13.1 Å². The molecule has 2 fully saturated rings. The number of aryl methyl sites for hydroxylation is 2. The van der Waals surface area contributed by atoms with E-state index in [9.17, 15) is 27.6 Å². The van der Waals surface area contributed by atoms with E-state index < -0.39 is 35.9 Å². The molecule has 30 heavy (non-hydrogen) atoms. The van der Waals surface area contributed by atoms with Crippen molar-refractivity contribution in [3.05, 3.63) is 31.3 Å². The van der Waals surface area contributed by atoms with Gasteiger partial charge in [-0.3, -0.25) is 13.9 Å². The second-order valence-electron chi connectivity index (χ2n) is 8.27. The molecule has 0 atom stereocenters. The maximum absolute atomic E-state index is 13.3. The molecular weight excluding hydrogens is 421 g/mol. The maximum Gasteiger partial charge on any atom is 0.390 e. The summed E-state index contributed by atoms with van der Waals surface area (Å²) in [7, 11) is 0. The third kappa shape index (κ3) is 3.42. The molecule has 0 unspecified atom stereocenters. The zero-order chi connectivity index (χ0) is 21.8. The van der Waals surface area contributed by atoms with Crippen molar-refractivity contribution in [2.45, 2.75) is 64.3 Å². The van der Waals surface area contributed by atoms with E-state index in [0.29, 0.717) is 36.4 Å². The quantitative estimate of drug-likeness (QED) is 0.771. The van der Waals surface area contributed by atoms with Gasteiger partial charge >= 0.3 is 17.9 Å². The summed E-state index contributed by atoms with van der Waals surface area (Å²) in [5, 5.41) is 2.98. The summed E-state index contributed by atoms with van der Waals surface area (Å²) in [6, 6.07) is -0.222. The number of hydrogen-bond acceptors (Lipinski definition) is 4. The fourth-order valence-electron chi connectivity index (χ4n) is 4.20. The van der Waals surface area contributed by atoms with Crippen molar-refractivity contribution in [3.63, 3.8) is 0 Å². The Kier molecular flexibility index (Phi) is 4.99. The zero-order valence-electron chi connectivity index (χ0n) is 16.8. The van der Waals surface area contributed by atoms with Crippen LogP contribution in [0, 0.1) is 6.92 Å². The van der Waals surface area contributed by atoms with Crippen molar-refractivity contribution in [3.8, 4) is 0 Å². The van der Waals surface area contributed by atoms with Gasteiger partial charge in [0, 0.05) is 30.1 Å². The molecule has 2 aromatic heterocycles. The number of carbonyl (C=O) groups is 1. The second-order valence-corrected chi connectivity index (χ2v) is 9.36. The predicted octanol–water partition coefficient (Wildman–Crippen LogP) is 2.91. The molecule has 1 aliphatic carbocycles. The first-order valence-corrected chi connectivity index (χ1v) is 10.7. The van der Waals surface area contributed by atoms with Crippen LogP contribution >= 0.6 is 11.3 Å². The Morgan fingerprint density at radius 3 is 2.43 bits per heavy atom. The Labute approximate surface area is 174 Å². The number of alkyl halides is 3. The SMILES string of the molecule is Cc1c(CN2CCNC2=O)sc2c1c(=O)n(C1(C)CCC1)c(=O)n2CCC(F)(F)F. The summed E-state index contributed by atoms with van der Waals surface area (Å²) in [5.41, 5.74) is -1.19. The van der Waals surface area contributed by atoms with Gasteiger partial charge in [0.15, 0.2) is 0 Å². The average Bonchev–Trinajstić information content (AvgIpc) is 3.16. The minimum atomic E-state index is -4.42. The summed E-state index contributed by atoms with van der Waals surface area (Å²) in [5.74, 6) is 0. The lowest BCUT2D eigenvalue weighted by molar-refractivity contribution is -0.136. The van der Waals surface area contributed by atoms with Crippen LogP contribution in [0.1, 0.15) is 43.0 Å². The van der Waals surface area contributed by atoms with Gasteiger partial charge in [-0.15, -0.1) is 11.3 Å². The summed E-state index contributed by atoms with van der Waals surface area (Å²) in [6.45, 7) is 4.27. The number of carbonyl (C=O) groups excluding carboxylic acids is 1. The molecule has 0 aromatic carbocycles. The first kappa shape index (κ1) is 21.0. The zero-order valence-corrected chi connectivity index (χ0v) is 17.6. The molecule has 1 saturated heterocycles. The molecule has 2 aromatic rings. The normalized spacial score (nSPS) is 18.7. The number of amides is 2. The topological polar surface area (TPSA) is 76.3 Å². The molecule has 0 radical (unpaired) electrons. The highest BCUT2D eigenvalue weighted by molar-refractivity contribution is 7.18. The molecule has 0 spiro atoms. The van der Waals surface area contributed by atoms with Crippen molar-refractivity contribution in [1.29, 1.82) is 0 Å². The summed E-state index contributed by atoms with van der Waals surface area (Å²) in [6.07, 6.45) is -3.44. The molecule has 3 heterocycles. The van der Waals surface area contributed by atoms with Crippen molar-refractivity contribution in [2.24, 2.45) is 0 Å². The van der Waals surface area contributed by atoms with Crippen molar-refractivity contribution < 1.29 is 18.0 Å². The lowest BCUT2D eigenvalue weighted by Gasteiger charge is -2.39. The van der Waals surface area contributed by atoms with Crippen LogP contribution in [-0.2, 0) is 18.6 Å². The molecule has 1 saturated carbocycles. The number of aromatic nitrogens is 2. The monoisotopic (exact) mass is 444 g/mol. The standard InChI is InChI=1S/C19H23F3N4O3S/c1-11-12(10-24-9-7-23-16(24)28)30-15-13(11)14(27)26(18(2)4-3-5-18)17(29)25(15)8-6-19(20,21)22/h3-10H2,1-2H3,(H,23,28). The first-order chi connectivity index (χ1) is 14.0. The van der Waals surface area contributed by atoms with Gasteiger partial charge < -0.3 is 10.2 Å². The van der Waals surface area contributed by atoms with Gasteiger partial charge in [0.05, 0.1) is 18.4 Å². The van der Waals surface area contributed by atoms with Gasteiger partial charge in [-0.1, -0.05) is 0 Å². The molecular formula is C19H23F3N4O3S. The summed E-state index contributed by atoms with van der Waals surface area (Å²) < 4.78 is 41.0. The first-order valence-electron chi connectivity index (χ1n) is 9.90. The largest absolute Gasteiger partial charge is 0.390 e.